The molecule has 92 valence electrons. The average Bonchev–Trinajstić information content (AvgIpc) is 3.09. The molecule has 0 aromatic heterocycles. The van der Waals surface area contributed by atoms with Gasteiger partial charge in [0.2, 0.25) is 0 Å². The lowest BCUT2D eigenvalue weighted by Gasteiger charge is -2.20. The molecule has 0 amide bonds. The first kappa shape index (κ1) is 12.0. The van der Waals surface area contributed by atoms with Gasteiger partial charge in [-0.3, -0.25) is 0 Å². The van der Waals surface area contributed by atoms with Gasteiger partial charge in [0.15, 0.2) is 0 Å². The van der Waals surface area contributed by atoms with Crippen LogP contribution < -0.4 is 5.73 Å². The van der Waals surface area contributed by atoms with Crippen LogP contribution in [0.1, 0.15) is 35.7 Å². The smallest absolute Gasteiger partial charge is 0.337 e. The number of hydrogen-bond acceptors (Lipinski definition) is 3. The van der Waals surface area contributed by atoms with E-state index >= 15 is 0 Å². The molecule has 1 atom stereocenters. The molecule has 0 spiro atoms. The molecule has 0 heterocycles. The highest BCUT2D eigenvalue weighted by atomic mass is 19.1. The van der Waals surface area contributed by atoms with Crippen LogP contribution >= 0.6 is 0 Å². The Morgan fingerprint density at radius 1 is 1.53 bits per heavy atom. The Hall–Kier alpha value is -1.42. The molecule has 0 bridgehead atoms. The summed E-state index contributed by atoms with van der Waals surface area (Å²) in [5, 5.41) is 0. The first-order valence-electron chi connectivity index (χ1n) is 5.65. The molecule has 1 saturated carbocycles. The normalized spacial score (nSPS) is 18.6. The number of hydrogen-bond donors (Lipinski definition) is 1. The van der Waals surface area contributed by atoms with Crippen LogP contribution in [0.4, 0.5) is 4.39 Å². The van der Waals surface area contributed by atoms with Crippen LogP contribution in [-0.2, 0) is 10.2 Å². The maximum absolute atomic E-state index is 14.0. The predicted octanol–water partition coefficient (Wildman–Crippen LogP) is 1.99. The summed E-state index contributed by atoms with van der Waals surface area (Å²) in [4.78, 5) is 11.3. The van der Waals surface area contributed by atoms with Crippen LogP contribution in [0.2, 0.25) is 0 Å². The fourth-order valence-corrected chi connectivity index (χ4v) is 2.27. The lowest BCUT2D eigenvalue weighted by Crippen LogP contribution is -2.32. The fraction of sp³-hybridized carbons (Fsp3) is 0.462. The number of benzene rings is 1. The molecule has 2 rings (SSSR count). The van der Waals surface area contributed by atoms with Crippen LogP contribution in [0.25, 0.3) is 0 Å². The first-order valence-corrected chi connectivity index (χ1v) is 5.65. The molecule has 1 aromatic carbocycles. The largest absolute Gasteiger partial charge is 0.465 e. The van der Waals surface area contributed by atoms with Gasteiger partial charge in [0.1, 0.15) is 5.82 Å². The minimum atomic E-state index is -0.527. The van der Waals surface area contributed by atoms with E-state index in [4.69, 9.17) is 5.73 Å². The zero-order chi connectivity index (χ0) is 12.6. The van der Waals surface area contributed by atoms with Crippen molar-refractivity contribution in [2.75, 3.05) is 7.11 Å². The summed E-state index contributed by atoms with van der Waals surface area (Å²) in [5.41, 5.74) is 6.50. The van der Waals surface area contributed by atoms with Crippen molar-refractivity contribution >= 4 is 5.97 Å². The van der Waals surface area contributed by atoms with Gasteiger partial charge < -0.3 is 10.5 Å². The van der Waals surface area contributed by atoms with Gasteiger partial charge in [0, 0.05) is 11.5 Å². The van der Waals surface area contributed by atoms with E-state index in [2.05, 4.69) is 4.74 Å². The Labute approximate surface area is 99.8 Å². The van der Waals surface area contributed by atoms with Gasteiger partial charge in [-0.05, 0) is 37.5 Å². The van der Waals surface area contributed by atoms with Crippen molar-refractivity contribution in [2.45, 2.75) is 31.2 Å². The van der Waals surface area contributed by atoms with E-state index in [9.17, 15) is 9.18 Å². The third-order valence-electron chi connectivity index (χ3n) is 3.59. The molecule has 17 heavy (non-hydrogen) atoms. The molecule has 0 aliphatic heterocycles. The Morgan fingerprint density at radius 2 is 2.18 bits per heavy atom. The quantitative estimate of drug-likeness (QED) is 0.818. The molecule has 2 N–H and O–H groups in total. The lowest BCUT2D eigenvalue weighted by atomic mass is 9.88. The molecule has 1 aromatic rings. The standard InChI is InChI=1S/C13H16FNO2/c1-8(15)13(5-6-13)10-4-3-9(7-11(10)14)12(16)17-2/h3-4,7-8H,5-6,15H2,1-2H3. The van der Waals surface area contributed by atoms with Crippen LogP contribution in [0.3, 0.4) is 0 Å². The molecule has 1 unspecified atom stereocenters. The predicted molar refractivity (Wildman–Crippen MR) is 62.3 cm³/mol. The third kappa shape index (κ3) is 1.93. The summed E-state index contributed by atoms with van der Waals surface area (Å²) in [6, 6.07) is 4.38. The summed E-state index contributed by atoms with van der Waals surface area (Å²) in [6.45, 7) is 1.89. The summed E-state index contributed by atoms with van der Waals surface area (Å²) in [6.07, 6.45) is 1.80. The van der Waals surface area contributed by atoms with Gasteiger partial charge in [0.05, 0.1) is 12.7 Å². The van der Waals surface area contributed by atoms with Crippen molar-refractivity contribution in [3.63, 3.8) is 0 Å². The molecule has 3 nitrogen and oxygen atoms in total. The number of rotatable bonds is 3. The summed E-state index contributed by atoms with van der Waals surface area (Å²) >= 11 is 0. The monoisotopic (exact) mass is 237 g/mol. The number of carbonyl (C=O) groups is 1. The second kappa shape index (κ2) is 4.11. The van der Waals surface area contributed by atoms with Gasteiger partial charge >= 0.3 is 5.97 Å². The Morgan fingerprint density at radius 3 is 2.59 bits per heavy atom. The fourth-order valence-electron chi connectivity index (χ4n) is 2.27. The van der Waals surface area contributed by atoms with Crippen LogP contribution in [-0.4, -0.2) is 19.1 Å². The van der Waals surface area contributed by atoms with E-state index in [1.165, 1.54) is 13.2 Å². The van der Waals surface area contributed by atoms with E-state index in [1.807, 2.05) is 6.92 Å². The molecule has 0 radical (unpaired) electrons. The minimum absolute atomic E-state index is 0.0824. The van der Waals surface area contributed by atoms with E-state index in [0.29, 0.717) is 5.56 Å². The van der Waals surface area contributed by atoms with Gasteiger partial charge in [-0.15, -0.1) is 0 Å². The third-order valence-corrected chi connectivity index (χ3v) is 3.59. The van der Waals surface area contributed by atoms with Crippen molar-refractivity contribution in [1.82, 2.24) is 0 Å². The van der Waals surface area contributed by atoms with E-state index < -0.39 is 5.97 Å². The van der Waals surface area contributed by atoms with Crippen molar-refractivity contribution in [2.24, 2.45) is 5.73 Å². The molecular weight excluding hydrogens is 221 g/mol. The Kier molecular flexibility index (Phi) is 2.91. The van der Waals surface area contributed by atoms with Crippen molar-refractivity contribution in [3.8, 4) is 0 Å². The van der Waals surface area contributed by atoms with E-state index in [1.54, 1.807) is 12.1 Å². The number of carbonyl (C=O) groups excluding carboxylic acids is 1. The Balaban J connectivity index is 2.36. The highest BCUT2D eigenvalue weighted by molar-refractivity contribution is 5.89. The second-order valence-corrected chi connectivity index (χ2v) is 4.63. The lowest BCUT2D eigenvalue weighted by molar-refractivity contribution is 0.0600. The minimum Gasteiger partial charge on any atom is -0.465 e. The molecule has 1 fully saturated rings. The average molecular weight is 237 g/mol. The van der Waals surface area contributed by atoms with Crippen LogP contribution in [0.5, 0.6) is 0 Å². The number of nitrogens with two attached hydrogens (primary N) is 1. The molecule has 4 heteroatoms. The number of methoxy groups -OCH3 is 1. The van der Waals surface area contributed by atoms with Gasteiger partial charge in [-0.1, -0.05) is 6.07 Å². The molecular formula is C13H16FNO2. The summed E-state index contributed by atoms with van der Waals surface area (Å²) in [7, 11) is 1.28. The highest BCUT2D eigenvalue weighted by Crippen LogP contribution is 2.51. The summed E-state index contributed by atoms with van der Waals surface area (Å²) in [5.74, 6) is -0.899. The Bertz CT molecular complexity index is 453. The SMILES string of the molecule is COC(=O)c1ccc(C2(C(C)N)CC2)c(F)c1. The number of esters is 1. The summed E-state index contributed by atoms with van der Waals surface area (Å²) < 4.78 is 18.5. The van der Waals surface area contributed by atoms with E-state index in [-0.39, 0.29) is 22.8 Å². The molecule has 1 aliphatic rings. The van der Waals surface area contributed by atoms with Gasteiger partial charge in [0.25, 0.3) is 0 Å². The maximum Gasteiger partial charge on any atom is 0.337 e. The van der Waals surface area contributed by atoms with Crippen molar-refractivity contribution in [3.05, 3.63) is 35.1 Å². The van der Waals surface area contributed by atoms with Crippen LogP contribution in [0.15, 0.2) is 18.2 Å². The maximum atomic E-state index is 14.0. The van der Waals surface area contributed by atoms with E-state index in [0.717, 1.165) is 12.8 Å². The van der Waals surface area contributed by atoms with Gasteiger partial charge in [-0.25, -0.2) is 9.18 Å². The first-order chi connectivity index (χ1) is 8.01. The van der Waals surface area contributed by atoms with Gasteiger partial charge in [-0.2, -0.15) is 0 Å². The zero-order valence-electron chi connectivity index (χ0n) is 10.00. The topological polar surface area (TPSA) is 52.3 Å². The van der Waals surface area contributed by atoms with Crippen LogP contribution in [0, 0.1) is 5.82 Å². The number of halogens is 1. The highest BCUT2D eigenvalue weighted by Gasteiger charge is 2.48. The molecule has 1 aliphatic carbocycles. The second-order valence-electron chi connectivity index (χ2n) is 4.63. The molecule has 0 saturated heterocycles. The van der Waals surface area contributed by atoms with Crippen molar-refractivity contribution < 1.29 is 13.9 Å². The number of ether oxygens (including phenoxy) is 1. The zero-order valence-corrected chi connectivity index (χ0v) is 10.00. The van der Waals surface area contributed by atoms with Crippen molar-refractivity contribution in [1.29, 1.82) is 0 Å².